The molecule has 1 aliphatic heterocycles. The van der Waals surface area contributed by atoms with Crippen LogP contribution in [0.1, 0.15) is 5.56 Å². The fraction of sp³-hybridized carbons (Fsp3) is 0.619. The number of amides is 1. The highest BCUT2D eigenvalue weighted by molar-refractivity contribution is 5.93. The van der Waals surface area contributed by atoms with Crippen molar-refractivity contribution in [2.75, 3.05) is 52.4 Å². The van der Waals surface area contributed by atoms with Gasteiger partial charge < -0.3 is 54.7 Å². The molecule has 1 aromatic rings. The van der Waals surface area contributed by atoms with Crippen molar-refractivity contribution in [3.05, 3.63) is 23.8 Å². The average Bonchev–Trinajstić information content (AvgIpc) is 2.80. The smallest absolute Gasteiger partial charge is 0.335 e. The van der Waals surface area contributed by atoms with E-state index in [0.29, 0.717) is 25.3 Å². The molecule has 0 saturated carbocycles. The van der Waals surface area contributed by atoms with Gasteiger partial charge in [-0.2, -0.15) is 0 Å². The molecule has 0 radical (unpaired) electrons. The molecular formula is C21H32N2O11. The molecule has 0 aliphatic carbocycles. The number of aliphatic carboxylic acids is 1. The van der Waals surface area contributed by atoms with Crippen molar-refractivity contribution in [3.8, 4) is 5.75 Å². The third kappa shape index (κ3) is 8.14. The van der Waals surface area contributed by atoms with Crippen LogP contribution >= 0.6 is 0 Å². The number of nitrogens with one attached hydrogen (secondary N) is 2. The number of methoxy groups -OCH3 is 1. The van der Waals surface area contributed by atoms with Crippen LogP contribution in [0.4, 0.5) is 5.69 Å². The van der Waals surface area contributed by atoms with E-state index in [2.05, 4.69) is 10.6 Å². The van der Waals surface area contributed by atoms with E-state index in [0.717, 1.165) is 0 Å². The maximum Gasteiger partial charge on any atom is 0.335 e. The number of hydrogen-bond donors (Lipinski definition) is 6. The van der Waals surface area contributed by atoms with Crippen molar-refractivity contribution >= 4 is 17.6 Å². The number of aliphatic hydroxyl groups is 3. The van der Waals surface area contributed by atoms with Gasteiger partial charge >= 0.3 is 5.97 Å². The topological polar surface area (TPSA) is 185 Å². The van der Waals surface area contributed by atoms with E-state index in [-0.39, 0.29) is 31.3 Å². The first-order valence-electron chi connectivity index (χ1n) is 10.6. The van der Waals surface area contributed by atoms with Gasteiger partial charge in [-0.25, -0.2) is 4.79 Å². The molecule has 1 saturated heterocycles. The number of carbonyl (C=O) groups is 2. The average molecular weight is 488 g/mol. The van der Waals surface area contributed by atoms with Gasteiger partial charge in [0, 0.05) is 13.7 Å². The molecule has 0 aromatic heterocycles. The first-order chi connectivity index (χ1) is 16.3. The van der Waals surface area contributed by atoms with Gasteiger partial charge in [0.1, 0.15) is 30.7 Å². The third-order valence-electron chi connectivity index (χ3n) is 4.79. The standard InChI is InChI=1S/C21H32N2O11/c1-22-5-6-31-7-8-32-11-15(24)23-13-9-12(10-30-2)3-4-14(13)33-21-18(27)16(25)17(26)19(34-21)20(28)29/h3-4,9,16-19,21-22,25-27H,5-8,10-11H2,1-2H3,(H,23,24)(H,28,29)/t16-,17-,18+,19-,21+/m0/s1. The van der Waals surface area contributed by atoms with E-state index in [1.54, 1.807) is 19.2 Å². The molecule has 5 atom stereocenters. The van der Waals surface area contributed by atoms with Crippen LogP contribution in [-0.4, -0.2) is 110 Å². The second-order valence-electron chi connectivity index (χ2n) is 7.43. The van der Waals surface area contributed by atoms with Gasteiger partial charge in [-0.3, -0.25) is 4.79 Å². The van der Waals surface area contributed by atoms with Gasteiger partial charge in [0.05, 0.1) is 32.1 Å². The Bertz CT molecular complexity index is 794. The Morgan fingerprint density at radius 1 is 1.06 bits per heavy atom. The predicted molar refractivity (Wildman–Crippen MR) is 116 cm³/mol. The number of hydrogen-bond acceptors (Lipinski definition) is 11. The van der Waals surface area contributed by atoms with Crippen LogP contribution in [0.25, 0.3) is 0 Å². The van der Waals surface area contributed by atoms with Gasteiger partial charge in [-0.1, -0.05) is 6.07 Å². The van der Waals surface area contributed by atoms with Crippen molar-refractivity contribution < 1.29 is 53.7 Å². The van der Waals surface area contributed by atoms with Crippen LogP contribution < -0.4 is 15.4 Å². The summed E-state index contributed by atoms with van der Waals surface area (Å²) in [5, 5.41) is 44.8. The summed E-state index contributed by atoms with van der Waals surface area (Å²) in [7, 11) is 3.31. The number of carbonyl (C=O) groups excluding carboxylic acids is 1. The Hall–Kier alpha value is -2.36. The largest absolute Gasteiger partial charge is 0.479 e. The molecule has 6 N–H and O–H groups in total. The second kappa shape index (κ2) is 14.1. The van der Waals surface area contributed by atoms with E-state index < -0.39 is 42.6 Å². The Kier molecular flexibility index (Phi) is 11.6. The first-order valence-corrected chi connectivity index (χ1v) is 10.6. The summed E-state index contributed by atoms with van der Waals surface area (Å²) in [5.41, 5.74) is 0.865. The first kappa shape index (κ1) is 27.9. The van der Waals surface area contributed by atoms with Crippen molar-refractivity contribution in [1.82, 2.24) is 5.32 Å². The Labute approximate surface area is 196 Å². The van der Waals surface area contributed by atoms with Crippen molar-refractivity contribution in [3.63, 3.8) is 0 Å². The zero-order valence-corrected chi connectivity index (χ0v) is 19.0. The maximum absolute atomic E-state index is 12.4. The van der Waals surface area contributed by atoms with E-state index in [1.165, 1.54) is 13.2 Å². The normalized spacial score (nSPS) is 24.6. The minimum absolute atomic E-state index is 0.0281. The van der Waals surface area contributed by atoms with Crippen molar-refractivity contribution in [1.29, 1.82) is 0 Å². The molecule has 13 heteroatoms. The van der Waals surface area contributed by atoms with Gasteiger partial charge in [0.15, 0.2) is 6.10 Å². The molecule has 0 bridgehead atoms. The molecule has 13 nitrogen and oxygen atoms in total. The number of rotatable bonds is 14. The molecule has 1 aliphatic rings. The van der Waals surface area contributed by atoms with E-state index >= 15 is 0 Å². The molecule has 1 heterocycles. The lowest BCUT2D eigenvalue weighted by Gasteiger charge is -2.38. The minimum Gasteiger partial charge on any atom is -0.479 e. The Morgan fingerprint density at radius 2 is 1.79 bits per heavy atom. The molecule has 192 valence electrons. The third-order valence-corrected chi connectivity index (χ3v) is 4.79. The summed E-state index contributed by atoms with van der Waals surface area (Å²) in [6.45, 7) is 1.72. The van der Waals surface area contributed by atoms with E-state index in [1.807, 2.05) is 0 Å². The fourth-order valence-electron chi connectivity index (χ4n) is 3.05. The second-order valence-corrected chi connectivity index (χ2v) is 7.43. The molecule has 1 aromatic carbocycles. The number of carboxylic acid groups (broad SMARTS) is 1. The zero-order chi connectivity index (χ0) is 25.1. The Balaban J connectivity index is 2.05. The van der Waals surface area contributed by atoms with Gasteiger partial charge in [-0.15, -0.1) is 0 Å². The zero-order valence-electron chi connectivity index (χ0n) is 19.0. The lowest BCUT2D eigenvalue weighted by molar-refractivity contribution is -0.271. The highest BCUT2D eigenvalue weighted by Gasteiger charge is 2.48. The number of anilines is 1. The van der Waals surface area contributed by atoms with Crippen molar-refractivity contribution in [2.24, 2.45) is 0 Å². The Morgan fingerprint density at radius 3 is 2.47 bits per heavy atom. The number of aliphatic hydroxyl groups excluding tert-OH is 3. The van der Waals surface area contributed by atoms with Crippen LogP contribution in [0.3, 0.4) is 0 Å². The maximum atomic E-state index is 12.4. The van der Waals surface area contributed by atoms with E-state index in [4.69, 9.17) is 23.7 Å². The molecule has 2 rings (SSSR count). The van der Waals surface area contributed by atoms with Crippen LogP contribution in [0, 0.1) is 0 Å². The SMILES string of the molecule is CNCCOCCOCC(=O)Nc1cc(COC)ccc1O[C@@H]1O[C@H](C(=O)O)[C@@H](O)[C@H](O)[C@H]1O. The number of likely N-dealkylation sites (N-methyl/N-ethyl adjacent to an activating group) is 1. The number of ether oxygens (including phenoxy) is 5. The lowest BCUT2D eigenvalue weighted by Crippen LogP contribution is -2.61. The molecule has 1 fully saturated rings. The van der Waals surface area contributed by atoms with Crippen LogP contribution in [0.15, 0.2) is 18.2 Å². The van der Waals surface area contributed by atoms with Crippen molar-refractivity contribution in [2.45, 2.75) is 37.3 Å². The highest BCUT2D eigenvalue weighted by Crippen LogP contribution is 2.31. The highest BCUT2D eigenvalue weighted by atomic mass is 16.7. The summed E-state index contributed by atoms with van der Waals surface area (Å²) in [6.07, 6.45) is -8.88. The molecular weight excluding hydrogens is 456 g/mol. The van der Waals surface area contributed by atoms with E-state index in [9.17, 15) is 30.0 Å². The summed E-state index contributed by atoms with van der Waals surface area (Å²) >= 11 is 0. The molecule has 0 spiro atoms. The van der Waals surface area contributed by atoms with Gasteiger partial charge in [0.2, 0.25) is 12.2 Å². The summed E-state index contributed by atoms with van der Waals surface area (Å²) in [6, 6.07) is 4.65. The molecule has 1 amide bonds. The summed E-state index contributed by atoms with van der Waals surface area (Å²) in [5.74, 6) is -2.01. The quantitative estimate of drug-likeness (QED) is 0.163. The van der Waals surface area contributed by atoms with Gasteiger partial charge in [-0.05, 0) is 24.7 Å². The summed E-state index contributed by atoms with van der Waals surface area (Å²) in [4.78, 5) is 23.7. The van der Waals surface area contributed by atoms with Crippen LogP contribution in [0.5, 0.6) is 5.75 Å². The van der Waals surface area contributed by atoms with Gasteiger partial charge in [0.25, 0.3) is 0 Å². The molecule has 0 unspecified atom stereocenters. The minimum atomic E-state index is -1.85. The van der Waals surface area contributed by atoms with Crippen LogP contribution in [0.2, 0.25) is 0 Å². The monoisotopic (exact) mass is 488 g/mol. The number of carboxylic acids is 1. The fourth-order valence-corrected chi connectivity index (χ4v) is 3.05. The van der Waals surface area contributed by atoms with Crippen LogP contribution in [-0.2, 0) is 35.1 Å². The predicted octanol–water partition coefficient (Wildman–Crippen LogP) is -1.70. The lowest BCUT2D eigenvalue weighted by atomic mass is 9.99. The number of benzene rings is 1. The molecule has 34 heavy (non-hydrogen) atoms. The summed E-state index contributed by atoms with van der Waals surface area (Å²) < 4.78 is 26.4.